The van der Waals surface area contributed by atoms with Crippen molar-refractivity contribution < 1.29 is 13.6 Å². The van der Waals surface area contributed by atoms with Gasteiger partial charge in [-0.1, -0.05) is 56.4 Å². The normalized spacial score (nSPS) is 15.0. The lowest BCUT2D eigenvalue weighted by molar-refractivity contribution is 0.0459. The molecule has 7 heteroatoms. The number of halogens is 3. The lowest BCUT2D eigenvalue weighted by Gasteiger charge is -2.22. The van der Waals surface area contributed by atoms with E-state index in [1.165, 1.54) is 32.1 Å². The van der Waals surface area contributed by atoms with E-state index in [-0.39, 0.29) is 12.2 Å². The van der Waals surface area contributed by atoms with Crippen LogP contribution < -0.4 is 5.32 Å². The summed E-state index contributed by atoms with van der Waals surface area (Å²) in [5.74, 6) is -2.08. The van der Waals surface area contributed by atoms with Crippen LogP contribution in [0.25, 0.3) is 11.4 Å². The number of hydrogen-bond acceptors (Lipinski definition) is 2. The molecule has 1 heterocycles. The quantitative estimate of drug-likeness (QED) is 0.419. The van der Waals surface area contributed by atoms with Crippen molar-refractivity contribution in [3.8, 4) is 11.4 Å². The molecule has 1 fully saturated rings. The number of aromatic nitrogens is 2. The van der Waals surface area contributed by atoms with E-state index in [0.29, 0.717) is 22.8 Å². The van der Waals surface area contributed by atoms with E-state index in [1.54, 1.807) is 0 Å². The summed E-state index contributed by atoms with van der Waals surface area (Å²) in [4.78, 5) is 17.5. The summed E-state index contributed by atoms with van der Waals surface area (Å²) < 4.78 is 28.9. The van der Waals surface area contributed by atoms with E-state index in [9.17, 15) is 13.6 Å². The van der Waals surface area contributed by atoms with Crippen LogP contribution in [0, 0.1) is 19.8 Å². The Bertz CT molecular complexity index is 964. The molecule has 2 aromatic rings. The van der Waals surface area contributed by atoms with E-state index in [0.717, 1.165) is 29.8 Å². The molecule has 1 aliphatic carbocycles. The van der Waals surface area contributed by atoms with Crippen LogP contribution in [0.5, 0.6) is 0 Å². The largest absolute Gasteiger partial charge is 0.350 e. The molecule has 0 bridgehead atoms. The number of hydrogen-bond donors (Lipinski definition) is 1. The van der Waals surface area contributed by atoms with Gasteiger partial charge in [0.25, 0.3) is 11.8 Å². The summed E-state index contributed by atoms with van der Waals surface area (Å²) in [5, 5.41) is 3.18. The zero-order chi connectivity index (χ0) is 23.3. The molecule has 0 unspecified atom stereocenters. The van der Waals surface area contributed by atoms with Crippen molar-refractivity contribution in [2.24, 2.45) is 5.92 Å². The SMILES string of the molecule is C=CC(F)(F)CCNC(=O)c1nc(-c2cc(Cl)ccc2C)n(CCC2CCCCC2)c1C. The Labute approximate surface area is 194 Å². The number of carbonyl (C=O) groups is 1. The van der Waals surface area contributed by atoms with Crippen molar-refractivity contribution in [2.45, 2.75) is 71.3 Å². The van der Waals surface area contributed by atoms with Crippen molar-refractivity contribution in [3.63, 3.8) is 0 Å². The number of carbonyl (C=O) groups excluding carboxylic acids is 1. The fourth-order valence-corrected chi connectivity index (χ4v) is 4.55. The summed E-state index contributed by atoms with van der Waals surface area (Å²) in [7, 11) is 0. The average molecular weight is 464 g/mol. The molecule has 1 saturated carbocycles. The summed E-state index contributed by atoms with van der Waals surface area (Å²) >= 11 is 6.26. The highest BCUT2D eigenvalue weighted by Gasteiger charge is 2.26. The number of amides is 1. The first-order valence-corrected chi connectivity index (χ1v) is 11.7. The Balaban J connectivity index is 1.87. The zero-order valence-corrected chi connectivity index (χ0v) is 19.7. The van der Waals surface area contributed by atoms with Crippen LogP contribution in [0.15, 0.2) is 30.9 Å². The number of nitrogens with zero attached hydrogens (tertiary/aromatic N) is 2. The van der Waals surface area contributed by atoms with Gasteiger partial charge < -0.3 is 9.88 Å². The third-order valence-electron chi connectivity index (χ3n) is 6.40. The number of imidazole rings is 1. The Hall–Kier alpha value is -2.21. The number of alkyl halides is 2. The van der Waals surface area contributed by atoms with Gasteiger partial charge in [0.15, 0.2) is 0 Å². The highest BCUT2D eigenvalue weighted by Crippen LogP contribution is 2.31. The highest BCUT2D eigenvalue weighted by molar-refractivity contribution is 6.30. The standard InChI is InChI=1S/C25H32ClF2N3O/c1-4-25(27,28)13-14-29-24(32)22-18(3)31(15-12-19-8-6-5-7-9-19)23(30-22)21-16-20(26)11-10-17(21)2/h4,10-11,16,19H,1,5-9,12-15H2,2-3H3,(H,29,32). The van der Waals surface area contributed by atoms with E-state index >= 15 is 0 Å². The summed E-state index contributed by atoms with van der Waals surface area (Å²) in [5.41, 5.74) is 2.89. The smallest absolute Gasteiger partial charge is 0.271 e. The first kappa shape index (κ1) is 24.4. The fraction of sp³-hybridized carbons (Fsp3) is 0.520. The molecule has 1 aromatic carbocycles. The molecule has 1 N–H and O–H groups in total. The van der Waals surface area contributed by atoms with Gasteiger partial charge in [0.05, 0.1) is 0 Å². The molecule has 0 spiro atoms. The average Bonchev–Trinajstić information content (AvgIpc) is 3.10. The van der Waals surface area contributed by atoms with Gasteiger partial charge in [0.2, 0.25) is 0 Å². The van der Waals surface area contributed by atoms with Gasteiger partial charge in [-0.25, -0.2) is 13.8 Å². The van der Waals surface area contributed by atoms with Gasteiger partial charge in [-0.3, -0.25) is 4.79 Å². The van der Waals surface area contributed by atoms with Gasteiger partial charge in [0.1, 0.15) is 11.5 Å². The van der Waals surface area contributed by atoms with Crippen LogP contribution in [0.3, 0.4) is 0 Å². The van der Waals surface area contributed by atoms with Gasteiger partial charge >= 0.3 is 0 Å². The number of nitrogens with one attached hydrogen (secondary N) is 1. The molecule has 0 aliphatic heterocycles. The van der Waals surface area contributed by atoms with Gasteiger partial charge in [-0.2, -0.15) is 0 Å². The second-order valence-corrected chi connectivity index (χ2v) is 9.18. The third kappa shape index (κ3) is 5.97. The first-order chi connectivity index (χ1) is 15.2. The summed E-state index contributed by atoms with van der Waals surface area (Å²) in [6.45, 7) is 7.59. The Kier molecular flexibility index (Phi) is 8.10. The Morgan fingerprint density at radius 3 is 2.72 bits per heavy atom. The minimum Gasteiger partial charge on any atom is -0.350 e. The number of benzene rings is 1. The molecule has 1 aromatic heterocycles. The molecule has 0 atom stereocenters. The van der Waals surface area contributed by atoms with Gasteiger partial charge in [-0.15, -0.1) is 0 Å². The number of rotatable bonds is 9. The second-order valence-electron chi connectivity index (χ2n) is 8.74. The van der Waals surface area contributed by atoms with Crippen molar-refractivity contribution in [1.29, 1.82) is 0 Å². The zero-order valence-electron chi connectivity index (χ0n) is 18.9. The van der Waals surface area contributed by atoms with Crippen LogP contribution in [0.4, 0.5) is 8.78 Å². The molecule has 1 amide bonds. The Morgan fingerprint density at radius 2 is 2.03 bits per heavy atom. The third-order valence-corrected chi connectivity index (χ3v) is 6.64. The van der Waals surface area contributed by atoms with Crippen LogP contribution in [-0.2, 0) is 6.54 Å². The summed E-state index contributed by atoms with van der Waals surface area (Å²) in [6, 6.07) is 5.63. The first-order valence-electron chi connectivity index (χ1n) is 11.3. The highest BCUT2D eigenvalue weighted by atomic mass is 35.5. The van der Waals surface area contributed by atoms with E-state index in [1.807, 2.05) is 32.0 Å². The molecule has 1 aliphatic rings. The van der Waals surface area contributed by atoms with Crippen molar-refractivity contribution in [1.82, 2.24) is 14.9 Å². The van der Waals surface area contributed by atoms with Crippen molar-refractivity contribution in [3.05, 3.63) is 52.8 Å². The summed E-state index contributed by atoms with van der Waals surface area (Å²) in [6.07, 6.45) is 7.47. The minimum atomic E-state index is -3.01. The maximum absolute atomic E-state index is 13.4. The van der Waals surface area contributed by atoms with E-state index < -0.39 is 18.3 Å². The fourth-order valence-electron chi connectivity index (χ4n) is 4.38. The van der Waals surface area contributed by atoms with Gasteiger partial charge in [0, 0.05) is 35.8 Å². The van der Waals surface area contributed by atoms with Crippen LogP contribution in [0.2, 0.25) is 5.02 Å². The van der Waals surface area contributed by atoms with Crippen molar-refractivity contribution >= 4 is 17.5 Å². The van der Waals surface area contributed by atoms with Gasteiger partial charge in [-0.05, 0) is 50.0 Å². The predicted molar refractivity (Wildman–Crippen MR) is 125 cm³/mol. The molecule has 3 rings (SSSR count). The monoisotopic (exact) mass is 463 g/mol. The molecular weight excluding hydrogens is 432 g/mol. The second kappa shape index (κ2) is 10.6. The van der Waals surface area contributed by atoms with Crippen LogP contribution in [-0.4, -0.2) is 27.9 Å². The maximum Gasteiger partial charge on any atom is 0.271 e. The van der Waals surface area contributed by atoms with E-state index in [4.69, 9.17) is 11.6 Å². The topological polar surface area (TPSA) is 46.9 Å². The molecule has 0 radical (unpaired) electrons. The lowest BCUT2D eigenvalue weighted by atomic mass is 9.87. The number of aryl methyl sites for hydroxylation is 1. The number of allylic oxidation sites excluding steroid dienone is 1. The molecule has 0 saturated heterocycles. The maximum atomic E-state index is 13.4. The van der Waals surface area contributed by atoms with Crippen LogP contribution in [0.1, 0.15) is 66.7 Å². The molecule has 4 nitrogen and oxygen atoms in total. The van der Waals surface area contributed by atoms with E-state index in [2.05, 4.69) is 21.4 Å². The molecule has 32 heavy (non-hydrogen) atoms. The predicted octanol–water partition coefficient (Wildman–Crippen LogP) is 6.73. The lowest BCUT2D eigenvalue weighted by Crippen LogP contribution is -2.29. The van der Waals surface area contributed by atoms with Crippen LogP contribution >= 0.6 is 11.6 Å². The minimum absolute atomic E-state index is 0.155. The Morgan fingerprint density at radius 1 is 1.31 bits per heavy atom. The molecular formula is C25H32ClF2N3O. The van der Waals surface area contributed by atoms with Crippen molar-refractivity contribution in [2.75, 3.05) is 6.54 Å². The molecule has 174 valence electrons.